The van der Waals surface area contributed by atoms with Crippen LogP contribution in [0.2, 0.25) is 5.02 Å². The average molecular weight is 406 g/mol. The van der Waals surface area contributed by atoms with E-state index in [9.17, 15) is 18.1 Å². The van der Waals surface area contributed by atoms with Gasteiger partial charge in [-0.05, 0) is 18.9 Å². The van der Waals surface area contributed by atoms with Gasteiger partial charge in [-0.25, -0.2) is 22.7 Å². The van der Waals surface area contributed by atoms with Crippen LogP contribution < -0.4 is 4.72 Å². The number of aliphatic hydroxyl groups is 1. The van der Waals surface area contributed by atoms with Crippen molar-refractivity contribution in [3.63, 3.8) is 0 Å². The van der Waals surface area contributed by atoms with Gasteiger partial charge in [0, 0.05) is 6.20 Å². The molecule has 1 aliphatic rings. The van der Waals surface area contributed by atoms with E-state index in [1.54, 1.807) is 0 Å². The van der Waals surface area contributed by atoms with Crippen molar-refractivity contribution in [1.29, 1.82) is 0 Å². The van der Waals surface area contributed by atoms with Crippen molar-refractivity contribution in [3.8, 4) is 10.8 Å². The van der Waals surface area contributed by atoms with Gasteiger partial charge in [0.1, 0.15) is 16.7 Å². The van der Waals surface area contributed by atoms with E-state index >= 15 is 0 Å². The van der Waals surface area contributed by atoms with Crippen LogP contribution in [0, 0.1) is 0 Å². The summed E-state index contributed by atoms with van der Waals surface area (Å²) in [4.78, 5) is 4.47. The first-order chi connectivity index (χ1) is 11.9. The van der Waals surface area contributed by atoms with E-state index in [0.717, 1.165) is 11.3 Å². The fourth-order valence-corrected chi connectivity index (χ4v) is 4.26. The van der Waals surface area contributed by atoms with Crippen molar-refractivity contribution in [2.75, 3.05) is 0 Å². The van der Waals surface area contributed by atoms with Gasteiger partial charge in [-0.1, -0.05) is 22.9 Å². The molecule has 4 rings (SSSR count). The molecule has 2 N–H and O–H groups in total. The fourth-order valence-electron chi connectivity index (χ4n) is 2.16. The van der Waals surface area contributed by atoms with Gasteiger partial charge in [-0.2, -0.15) is 0 Å². The Bertz CT molecular complexity index is 988. The second kappa shape index (κ2) is 6.02. The van der Waals surface area contributed by atoms with Crippen LogP contribution >= 0.6 is 22.9 Å². The summed E-state index contributed by atoms with van der Waals surface area (Å²) in [5, 5.41) is 17.1. The number of nitrogens with zero attached hydrogens (tertiary/aromatic N) is 4. The maximum absolute atomic E-state index is 12.7. The lowest BCUT2D eigenvalue weighted by Crippen LogP contribution is -2.32. The maximum atomic E-state index is 12.7. The van der Waals surface area contributed by atoms with Gasteiger partial charge < -0.3 is 5.11 Å². The highest BCUT2D eigenvalue weighted by Gasteiger charge is 2.42. The summed E-state index contributed by atoms with van der Waals surface area (Å²) in [7, 11) is -1.69. The molecule has 12 heteroatoms. The number of hydrogen-bond acceptors (Lipinski definition) is 6. The van der Waals surface area contributed by atoms with E-state index in [4.69, 9.17) is 11.6 Å². The zero-order valence-electron chi connectivity index (χ0n) is 12.3. The summed E-state index contributed by atoms with van der Waals surface area (Å²) in [5.74, 6) is 0.269. The van der Waals surface area contributed by atoms with E-state index in [2.05, 4.69) is 19.9 Å². The summed E-state index contributed by atoms with van der Waals surface area (Å²) in [6, 6.07) is 1.50. The van der Waals surface area contributed by atoms with Gasteiger partial charge in [0.2, 0.25) is 0 Å². The van der Waals surface area contributed by atoms with Gasteiger partial charge in [0.25, 0.3) is 6.43 Å². The molecule has 0 radical (unpaired) electrons. The van der Waals surface area contributed by atoms with E-state index in [-0.39, 0.29) is 15.9 Å². The zero-order chi connectivity index (χ0) is 17.8. The fraction of sp³-hybridized carbons (Fsp3) is 0.308. The number of pyridine rings is 1. The molecule has 1 aliphatic carbocycles. The van der Waals surface area contributed by atoms with Gasteiger partial charge in [0.15, 0.2) is 15.8 Å². The standard InChI is InChI=1S/C13H10ClF2N5O2S2/c14-7-3-6(25(23)20-13(22)1-2-13)5-21-8(7)4-17-10(21)12-19-18-11(24-12)9(15)16/h3-5,9,20,22H,1-2H2. The molecule has 0 amide bonds. The average Bonchev–Trinajstić information content (AvgIpc) is 2.99. The van der Waals surface area contributed by atoms with E-state index < -0.39 is 28.1 Å². The topological polar surface area (TPSA) is 92.4 Å². The van der Waals surface area contributed by atoms with Crippen molar-refractivity contribution in [3.05, 3.63) is 28.5 Å². The maximum Gasteiger partial charge on any atom is 0.291 e. The Morgan fingerprint density at radius 1 is 1.44 bits per heavy atom. The Hall–Kier alpha value is -1.53. The molecule has 7 nitrogen and oxygen atoms in total. The highest BCUT2D eigenvalue weighted by molar-refractivity contribution is 7.83. The summed E-state index contributed by atoms with van der Waals surface area (Å²) in [6.07, 6.45) is 1.31. The molecule has 1 atom stereocenters. The normalized spacial score (nSPS) is 17.3. The van der Waals surface area contributed by atoms with Crippen molar-refractivity contribution < 1.29 is 18.1 Å². The minimum absolute atomic E-state index is 0.197. The Kier molecular flexibility index (Phi) is 4.07. The molecule has 0 bridgehead atoms. The molecule has 3 heterocycles. The largest absolute Gasteiger partial charge is 0.375 e. The molecule has 0 saturated heterocycles. The van der Waals surface area contributed by atoms with E-state index in [1.165, 1.54) is 22.9 Å². The third-order valence-electron chi connectivity index (χ3n) is 3.61. The lowest BCUT2D eigenvalue weighted by atomic mass is 10.4. The Balaban J connectivity index is 1.76. The zero-order valence-corrected chi connectivity index (χ0v) is 14.7. The molecule has 0 aliphatic heterocycles. The van der Waals surface area contributed by atoms with Crippen molar-refractivity contribution in [2.45, 2.75) is 29.9 Å². The Morgan fingerprint density at radius 3 is 2.84 bits per heavy atom. The number of rotatable bonds is 5. The van der Waals surface area contributed by atoms with Crippen LogP contribution in [0.15, 0.2) is 23.4 Å². The number of hydrogen-bond donors (Lipinski definition) is 2. The molecule has 1 unspecified atom stereocenters. The van der Waals surface area contributed by atoms with Crippen molar-refractivity contribution >= 4 is 39.4 Å². The molecule has 132 valence electrons. The van der Waals surface area contributed by atoms with Crippen LogP contribution in [-0.4, -0.2) is 34.6 Å². The minimum atomic E-state index is -2.72. The molecule has 0 aromatic carbocycles. The van der Waals surface area contributed by atoms with Crippen LogP contribution in [0.4, 0.5) is 8.78 Å². The van der Waals surface area contributed by atoms with E-state index in [0.29, 0.717) is 23.3 Å². The number of alkyl halides is 2. The highest BCUT2D eigenvalue weighted by atomic mass is 35.5. The quantitative estimate of drug-likeness (QED) is 0.636. The minimum Gasteiger partial charge on any atom is -0.375 e. The first-order valence-corrected chi connectivity index (χ1v) is 9.41. The predicted molar refractivity (Wildman–Crippen MR) is 87.8 cm³/mol. The molecular formula is C13H10ClF2N5O2S2. The summed E-state index contributed by atoms with van der Waals surface area (Å²) in [5.41, 5.74) is -0.605. The van der Waals surface area contributed by atoms with Crippen LogP contribution in [0.5, 0.6) is 0 Å². The van der Waals surface area contributed by atoms with E-state index in [1.807, 2.05) is 0 Å². The third kappa shape index (κ3) is 3.17. The first kappa shape index (κ1) is 16.9. The van der Waals surface area contributed by atoms with Gasteiger partial charge >= 0.3 is 0 Å². The number of aromatic nitrogens is 4. The molecule has 1 fully saturated rings. The lowest BCUT2D eigenvalue weighted by Gasteiger charge is -2.11. The highest BCUT2D eigenvalue weighted by Crippen LogP contribution is 2.34. The number of nitrogens with one attached hydrogen (secondary N) is 1. The van der Waals surface area contributed by atoms with Crippen LogP contribution in [0.3, 0.4) is 0 Å². The number of halogens is 3. The van der Waals surface area contributed by atoms with Gasteiger partial charge in [-0.15, -0.1) is 10.2 Å². The van der Waals surface area contributed by atoms with Crippen molar-refractivity contribution in [2.24, 2.45) is 0 Å². The van der Waals surface area contributed by atoms with Crippen LogP contribution in [-0.2, 0) is 11.0 Å². The predicted octanol–water partition coefficient (Wildman–Crippen LogP) is 2.54. The number of fused-ring (bicyclic) bond motifs is 1. The van der Waals surface area contributed by atoms with Gasteiger partial charge in [0.05, 0.1) is 21.6 Å². The second-order valence-electron chi connectivity index (χ2n) is 5.51. The molecule has 3 aromatic heterocycles. The SMILES string of the molecule is O=S(NC1(O)CC1)c1cc(Cl)c2cnc(-c3nnc(C(F)F)s3)n2c1. The Morgan fingerprint density at radius 2 is 2.20 bits per heavy atom. The molecule has 0 spiro atoms. The van der Waals surface area contributed by atoms with Crippen LogP contribution in [0.25, 0.3) is 16.3 Å². The second-order valence-corrected chi connectivity index (χ2v) is 8.14. The first-order valence-electron chi connectivity index (χ1n) is 7.07. The summed E-state index contributed by atoms with van der Waals surface area (Å²) < 4.78 is 42.0. The molecule has 1 saturated carbocycles. The summed E-state index contributed by atoms with van der Waals surface area (Å²) >= 11 is 6.93. The molecule has 3 aromatic rings. The smallest absolute Gasteiger partial charge is 0.291 e. The monoisotopic (exact) mass is 405 g/mol. The third-order valence-corrected chi connectivity index (χ3v) is 6.05. The Labute approximate surface area is 151 Å². The number of imidazole rings is 1. The molecule has 25 heavy (non-hydrogen) atoms. The lowest BCUT2D eigenvalue weighted by molar-refractivity contribution is 0.140. The summed E-state index contributed by atoms with van der Waals surface area (Å²) in [6.45, 7) is 0. The van der Waals surface area contributed by atoms with Crippen LogP contribution in [0.1, 0.15) is 24.3 Å². The van der Waals surface area contributed by atoms with Crippen molar-refractivity contribution in [1.82, 2.24) is 24.3 Å². The van der Waals surface area contributed by atoms with Gasteiger partial charge in [-0.3, -0.25) is 4.40 Å². The molecular weight excluding hydrogens is 396 g/mol.